The number of carbonyl (C=O) groups excluding carboxylic acids is 3. The molecule has 0 aliphatic heterocycles. The molecule has 11 rings (SSSR count). The number of phenols is 4. The number of esters is 2. The maximum atomic E-state index is 11.8. The first-order valence-corrected chi connectivity index (χ1v) is 37.2. The average Bonchev–Trinajstić information content (AvgIpc) is 0.812. The molecule has 110 heavy (non-hydrogen) atoms. The molecule has 570 valence electrons. The molecule has 0 bridgehead atoms. The Labute approximate surface area is 674 Å². The third-order valence-electron chi connectivity index (χ3n) is 17.1. The molecule has 0 saturated heterocycles. The van der Waals surface area contributed by atoms with Crippen molar-refractivity contribution in [2.24, 2.45) is 0 Å². The number of hydrogen-bond acceptors (Lipinski definition) is 16. The molecule has 0 amide bonds. The summed E-state index contributed by atoms with van der Waals surface area (Å²) in [5.41, 5.74) is 11.5. The number of carbonyl (C=O) groups is 3. The fraction of sp³-hybridized carbons (Fsp3) is 0.250. The predicted molar refractivity (Wildman–Crippen MR) is 429 cm³/mol. The second kappa shape index (κ2) is 47.8. The zero-order valence-corrected chi connectivity index (χ0v) is 67.0. The van der Waals surface area contributed by atoms with Gasteiger partial charge in [0.05, 0.1) is 45.6 Å². The Morgan fingerprint density at radius 3 is 1.34 bits per heavy atom. The van der Waals surface area contributed by atoms with Gasteiger partial charge in [0.25, 0.3) is 0 Å². The normalized spacial score (nSPS) is 10.3. The van der Waals surface area contributed by atoms with Gasteiger partial charge in [-0.2, -0.15) is 0 Å². The summed E-state index contributed by atoms with van der Waals surface area (Å²) < 4.78 is 45.5. The smallest absolute Gasteiger partial charge is 0.545 e. The number of ether oxygens (including phenoxy) is 8. The number of methoxy groups -OCH3 is 2. The first-order valence-electron chi connectivity index (χ1n) is 36.7. The van der Waals surface area contributed by atoms with E-state index in [0.29, 0.717) is 97.0 Å². The topological polar surface area (TPSA) is 229 Å². The van der Waals surface area contributed by atoms with E-state index in [2.05, 4.69) is 55.8 Å². The summed E-state index contributed by atoms with van der Waals surface area (Å²) in [7, 11) is 2.71. The average molecular weight is 1520 g/mol. The van der Waals surface area contributed by atoms with Crippen molar-refractivity contribution in [2.45, 2.75) is 112 Å². The summed E-state index contributed by atoms with van der Waals surface area (Å²) in [6.45, 7) is 14.2. The Kier molecular flexibility index (Phi) is 38.3. The SMILES string of the molecule is CCCc1c(O)cccc1O.CCCc1c(O)cccc1Oc1ccccc1C(=O)OC.CCCc1c(OCCCOc2cc(O)c(-c3ccccc3)cc2CC)cccc1Oc1ccccc1C(=O)[O-].CCc1cc(-c2ccccc2)c(OCc2ccccc2)cc1OCCCCl.COC(=O)c1ccccc1C.[Na+]. The first kappa shape index (κ1) is 88.0. The summed E-state index contributed by atoms with van der Waals surface area (Å²) in [4.78, 5) is 34.3. The van der Waals surface area contributed by atoms with Crippen molar-refractivity contribution in [1.29, 1.82) is 0 Å². The van der Waals surface area contributed by atoms with Gasteiger partial charge in [-0.1, -0.05) is 206 Å². The van der Waals surface area contributed by atoms with Crippen molar-refractivity contribution in [3.05, 3.63) is 298 Å². The molecule has 0 saturated carbocycles. The third kappa shape index (κ3) is 26.8. The monoisotopic (exact) mass is 1520 g/mol. The second-order valence-corrected chi connectivity index (χ2v) is 25.3. The molecule has 0 spiro atoms. The number of para-hydroxylation sites is 2. The van der Waals surface area contributed by atoms with Gasteiger partial charge in [0.1, 0.15) is 81.2 Å². The van der Waals surface area contributed by atoms with Crippen molar-refractivity contribution in [2.75, 3.05) is 39.9 Å². The van der Waals surface area contributed by atoms with E-state index >= 15 is 0 Å². The van der Waals surface area contributed by atoms with Crippen molar-refractivity contribution in [1.82, 2.24) is 0 Å². The van der Waals surface area contributed by atoms with Crippen LogP contribution in [0.2, 0.25) is 0 Å². The van der Waals surface area contributed by atoms with Gasteiger partial charge in [0.2, 0.25) is 0 Å². The van der Waals surface area contributed by atoms with Crippen LogP contribution in [0.4, 0.5) is 0 Å². The molecule has 0 atom stereocenters. The van der Waals surface area contributed by atoms with Crippen LogP contribution in [-0.2, 0) is 48.2 Å². The quantitative estimate of drug-likeness (QED) is 0.0142. The predicted octanol–water partition coefficient (Wildman–Crippen LogP) is 17.8. The number of carboxylic acids is 1. The largest absolute Gasteiger partial charge is 1.00 e. The maximum Gasteiger partial charge on any atom is 1.00 e. The van der Waals surface area contributed by atoms with E-state index < -0.39 is 11.9 Å². The van der Waals surface area contributed by atoms with Gasteiger partial charge >= 0.3 is 41.5 Å². The van der Waals surface area contributed by atoms with E-state index in [4.69, 9.17) is 44.8 Å². The molecule has 0 aliphatic carbocycles. The number of phenolic OH excluding ortho intramolecular Hbond substituents is 4. The van der Waals surface area contributed by atoms with Crippen molar-refractivity contribution in [3.63, 3.8) is 0 Å². The van der Waals surface area contributed by atoms with Gasteiger partial charge in [0.15, 0.2) is 0 Å². The summed E-state index contributed by atoms with van der Waals surface area (Å²) in [5.74, 6) is 4.16. The summed E-state index contributed by atoms with van der Waals surface area (Å²) in [6, 6.07) is 74.3. The zero-order valence-electron chi connectivity index (χ0n) is 64.3. The van der Waals surface area contributed by atoms with Crippen molar-refractivity contribution >= 4 is 29.5 Å². The molecule has 0 radical (unpaired) electrons. The van der Waals surface area contributed by atoms with Gasteiger partial charge in [-0.05, 0) is 158 Å². The summed E-state index contributed by atoms with van der Waals surface area (Å²) in [5, 5.41) is 50.6. The van der Waals surface area contributed by atoms with Crippen LogP contribution in [0.1, 0.15) is 137 Å². The Morgan fingerprint density at radius 1 is 0.382 bits per heavy atom. The number of carboxylic acid groups (broad SMARTS) is 1. The minimum absolute atomic E-state index is 0. The molecule has 18 heteroatoms. The van der Waals surface area contributed by atoms with Crippen LogP contribution >= 0.6 is 11.6 Å². The number of alkyl halides is 1. The molecule has 0 aromatic heterocycles. The molecule has 16 nitrogen and oxygen atoms in total. The Morgan fingerprint density at radius 2 is 0.791 bits per heavy atom. The molecule has 0 fully saturated rings. The molecule has 0 unspecified atom stereocenters. The van der Waals surface area contributed by atoms with E-state index in [1.807, 2.05) is 136 Å². The fourth-order valence-electron chi connectivity index (χ4n) is 11.4. The van der Waals surface area contributed by atoms with Crippen LogP contribution < -0.4 is 63.1 Å². The maximum absolute atomic E-state index is 11.8. The molecule has 0 heterocycles. The van der Waals surface area contributed by atoms with Crippen molar-refractivity contribution in [3.8, 4) is 91.2 Å². The van der Waals surface area contributed by atoms with Crippen LogP contribution in [0.3, 0.4) is 0 Å². The molecule has 0 aliphatic rings. The number of halogens is 1. The minimum atomic E-state index is -1.29. The van der Waals surface area contributed by atoms with Gasteiger partial charge in [0, 0.05) is 57.8 Å². The van der Waals surface area contributed by atoms with Crippen molar-refractivity contribution < 1.29 is 107 Å². The number of aryl methyl sites for hydroxylation is 3. The molecule has 11 aromatic rings. The van der Waals surface area contributed by atoms with E-state index in [0.717, 1.165) is 107 Å². The summed E-state index contributed by atoms with van der Waals surface area (Å²) in [6.07, 6.45) is 7.93. The van der Waals surface area contributed by atoms with Gasteiger partial charge in [-0.25, -0.2) is 9.59 Å². The second-order valence-electron chi connectivity index (χ2n) is 24.9. The molecule has 11 aromatic carbocycles. The van der Waals surface area contributed by atoms with Crippen LogP contribution in [-0.4, -0.2) is 78.3 Å². The Hall–Kier alpha value is -10.9. The van der Waals surface area contributed by atoms with Gasteiger partial charge in [-0.15, -0.1) is 11.6 Å². The zero-order chi connectivity index (χ0) is 78.3. The minimum Gasteiger partial charge on any atom is -0.545 e. The summed E-state index contributed by atoms with van der Waals surface area (Å²) >= 11 is 5.79. The van der Waals surface area contributed by atoms with Gasteiger partial charge in [-0.3, -0.25) is 0 Å². The number of aromatic carboxylic acids is 1. The molecular weight excluding hydrogens is 1420 g/mol. The van der Waals surface area contributed by atoms with Crippen LogP contribution in [0.25, 0.3) is 22.3 Å². The number of rotatable bonds is 30. The number of aromatic hydroxyl groups is 4. The Bertz CT molecular complexity index is 4610. The van der Waals surface area contributed by atoms with E-state index in [1.165, 1.54) is 25.8 Å². The van der Waals surface area contributed by atoms with Crippen LogP contribution in [0.15, 0.2) is 243 Å². The fourth-order valence-corrected chi connectivity index (χ4v) is 11.6. The number of benzene rings is 11. The standard InChI is InChI=1S/C33H34O6.C24H25ClO2.C17H18O4.C9H10O2.C9H12O2.Na/c1-3-12-25-29(17-10-18-30(25)39-31-16-9-8-15-26(31)33(35)36)37-19-11-20-38-32-22-28(34)27(21-23(32)4-2)24-13-6-5-7-14-24;1-2-20-16-22(21-12-7-4-8-13-21)24(17-23(20)26-15-9-14-25)27-18-19-10-5-3-6-11-19;1-3-7-12-14(18)9-6-11-15(12)21-16-10-5-4-8-13(16)17(19)20-2;1-7-5-3-4-6-8(7)9(10)11-2;1-2-4-7-8(10)5-3-6-9(7)11;/h5-10,13-18,21-22,34H,3-4,11-12,19-20H2,1-2H3,(H,35,36);3-8,10-13,16-17H,2,9,14-15,18H2,1H3;4-6,8-11,18H,3,7H2,1-2H3;3-6H,1-2H3;3,5-6,10-11H,2,4H2,1H3;/q;;;;;+1/p-1. The van der Waals surface area contributed by atoms with Crippen LogP contribution in [0.5, 0.6) is 69.0 Å². The van der Waals surface area contributed by atoms with E-state index in [9.17, 15) is 39.9 Å². The Balaban J connectivity index is 0.000000232. The first-order chi connectivity index (χ1) is 53.0. The van der Waals surface area contributed by atoms with E-state index in [1.54, 1.807) is 91.0 Å². The van der Waals surface area contributed by atoms with Gasteiger partial charge < -0.3 is 68.2 Å². The van der Waals surface area contributed by atoms with E-state index in [-0.39, 0.29) is 69.8 Å². The molecular formula is C92H98ClNaO16. The third-order valence-corrected chi connectivity index (χ3v) is 17.3. The molecule has 4 N–H and O–H groups in total. The number of hydrogen-bond donors (Lipinski definition) is 4. The van der Waals surface area contributed by atoms with Crippen LogP contribution in [0, 0.1) is 6.92 Å².